The fourth-order valence-electron chi connectivity index (χ4n) is 2.20. The van der Waals surface area contributed by atoms with Crippen LogP contribution in [0, 0.1) is 11.6 Å². The number of carbonyl (C=O) groups is 2. The molecule has 1 N–H and O–H groups in total. The highest BCUT2D eigenvalue weighted by Crippen LogP contribution is 2.20. The second kappa shape index (κ2) is 5.44. The molecule has 1 fully saturated rings. The van der Waals surface area contributed by atoms with Crippen molar-refractivity contribution in [1.82, 2.24) is 14.9 Å². The highest BCUT2D eigenvalue weighted by Gasteiger charge is 2.26. The van der Waals surface area contributed by atoms with Crippen LogP contribution in [0.3, 0.4) is 0 Å². The van der Waals surface area contributed by atoms with Crippen molar-refractivity contribution in [3.05, 3.63) is 30.1 Å². The predicted octanol–water partition coefficient (Wildman–Crippen LogP) is 1.46. The standard InChI is InChI=1S/C13H11F2N3O2S/c14-7-3-10-11(4-8(7)15)18(6-16-10)5-12(19)17-9-1-2-21-13(9)20/h3-4,6,9H,1-2,5H2,(H,17,19)/t9-/m0/s1. The third kappa shape index (κ3) is 2.76. The molecule has 0 saturated carbocycles. The highest BCUT2D eigenvalue weighted by atomic mass is 32.2. The second-order valence-corrected chi connectivity index (χ2v) is 5.80. The van der Waals surface area contributed by atoms with Crippen LogP contribution in [-0.4, -0.2) is 32.4 Å². The van der Waals surface area contributed by atoms with Crippen molar-refractivity contribution >= 4 is 33.8 Å². The van der Waals surface area contributed by atoms with Crippen molar-refractivity contribution in [1.29, 1.82) is 0 Å². The van der Waals surface area contributed by atoms with E-state index < -0.39 is 17.7 Å². The van der Waals surface area contributed by atoms with Gasteiger partial charge in [-0.3, -0.25) is 9.59 Å². The fraction of sp³-hybridized carbons (Fsp3) is 0.308. The summed E-state index contributed by atoms with van der Waals surface area (Å²) >= 11 is 1.20. The third-order valence-corrected chi connectivity index (χ3v) is 4.26. The molecule has 2 heterocycles. The van der Waals surface area contributed by atoms with Crippen LogP contribution in [0.1, 0.15) is 6.42 Å². The first-order chi connectivity index (χ1) is 10.0. The molecule has 1 aliphatic rings. The van der Waals surface area contributed by atoms with E-state index in [2.05, 4.69) is 10.3 Å². The number of fused-ring (bicyclic) bond motifs is 1. The molecular formula is C13H11F2N3O2S. The molecule has 1 amide bonds. The maximum absolute atomic E-state index is 13.3. The molecule has 1 saturated heterocycles. The van der Waals surface area contributed by atoms with Crippen LogP contribution in [0.4, 0.5) is 8.78 Å². The Bertz CT molecular complexity index is 732. The molecule has 0 bridgehead atoms. The number of hydrogen-bond acceptors (Lipinski definition) is 4. The van der Waals surface area contributed by atoms with Crippen LogP contribution in [0.2, 0.25) is 0 Å². The Morgan fingerprint density at radius 1 is 1.43 bits per heavy atom. The summed E-state index contributed by atoms with van der Waals surface area (Å²) < 4.78 is 27.8. The SMILES string of the molecule is O=C(Cn1cnc2cc(F)c(F)cc21)N[C@H]1CCSC1=O. The monoisotopic (exact) mass is 311 g/mol. The minimum absolute atomic E-state index is 0.0491. The van der Waals surface area contributed by atoms with Gasteiger partial charge in [-0.15, -0.1) is 0 Å². The summed E-state index contributed by atoms with van der Waals surface area (Å²) in [6.45, 7) is -0.101. The molecule has 8 heteroatoms. The van der Waals surface area contributed by atoms with Crippen molar-refractivity contribution in [3.8, 4) is 0 Å². The maximum Gasteiger partial charge on any atom is 0.240 e. The van der Waals surface area contributed by atoms with Crippen LogP contribution in [-0.2, 0) is 16.1 Å². The van der Waals surface area contributed by atoms with Gasteiger partial charge in [0, 0.05) is 17.9 Å². The van der Waals surface area contributed by atoms with Crippen molar-refractivity contribution in [2.24, 2.45) is 0 Å². The van der Waals surface area contributed by atoms with E-state index in [1.54, 1.807) is 0 Å². The normalized spacial score (nSPS) is 18.4. The van der Waals surface area contributed by atoms with Crippen LogP contribution in [0.25, 0.3) is 11.0 Å². The van der Waals surface area contributed by atoms with Gasteiger partial charge in [-0.25, -0.2) is 13.8 Å². The van der Waals surface area contributed by atoms with Crippen LogP contribution < -0.4 is 5.32 Å². The molecule has 1 aliphatic heterocycles. The lowest BCUT2D eigenvalue weighted by atomic mass is 10.2. The summed E-state index contributed by atoms with van der Waals surface area (Å²) in [5, 5.41) is 2.58. The lowest BCUT2D eigenvalue weighted by Crippen LogP contribution is -2.38. The molecular weight excluding hydrogens is 300 g/mol. The summed E-state index contributed by atoms with van der Waals surface area (Å²) in [7, 11) is 0. The van der Waals surface area contributed by atoms with Crippen LogP contribution >= 0.6 is 11.8 Å². The van der Waals surface area contributed by atoms with Crippen molar-refractivity contribution < 1.29 is 18.4 Å². The van der Waals surface area contributed by atoms with E-state index in [0.29, 0.717) is 17.7 Å². The van der Waals surface area contributed by atoms with Crippen LogP contribution in [0.5, 0.6) is 0 Å². The molecule has 0 spiro atoms. The first-order valence-corrected chi connectivity index (χ1v) is 7.29. The summed E-state index contributed by atoms with van der Waals surface area (Å²) in [4.78, 5) is 27.3. The van der Waals surface area contributed by atoms with Gasteiger partial charge in [-0.1, -0.05) is 11.8 Å². The Labute approximate surface area is 122 Å². The summed E-state index contributed by atoms with van der Waals surface area (Å²) in [5.41, 5.74) is 0.602. The van der Waals surface area contributed by atoms with Crippen molar-refractivity contribution in [2.75, 3.05) is 5.75 Å². The lowest BCUT2D eigenvalue weighted by molar-refractivity contribution is -0.124. The van der Waals surface area contributed by atoms with Gasteiger partial charge < -0.3 is 9.88 Å². The topological polar surface area (TPSA) is 64.0 Å². The van der Waals surface area contributed by atoms with E-state index in [1.165, 1.54) is 22.7 Å². The van der Waals surface area contributed by atoms with E-state index in [1.807, 2.05) is 0 Å². The van der Waals surface area contributed by atoms with Gasteiger partial charge in [0.15, 0.2) is 11.6 Å². The average molecular weight is 311 g/mol. The van der Waals surface area contributed by atoms with Crippen molar-refractivity contribution in [3.63, 3.8) is 0 Å². The molecule has 2 aromatic rings. The number of hydrogen-bond donors (Lipinski definition) is 1. The maximum atomic E-state index is 13.3. The molecule has 1 aromatic carbocycles. The van der Waals surface area contributed by atoms with Gasteiger partial charge in [0.05, 0.1) is 23.4 Å². The molecule has 0 unspecified atom stereocenters. The first kappa shape index (κ1) is 14.0. The highest BCUT2D eigenvalue weighted by molar-refractivity contribution is 8.14. The Hall–Kier alpha value is -1.96. The Balaban J connectivity index is 1.77. The zero-order chi connectivity index (χ0) is 15.0. The molecule has 3 rings (SSSR count). The Kier molecular flexibility index (Phi) is 3.62. The summed E-state index contributed by atoms with van der Waals surface area (Å²) in [6, 6.07) is 1.52. The van der Waals surface area contributed by atoms with Gasteiger partial charge in [0.1, 0.15) is 6.54 Å². The average Bonchev–Trinajstić information content (AvgIpc) is 2.99. The minimum Gasteiger partial charge on any atom is -0.344 e. The zero-order valence-corrected chi connectivity index (χ0v) is 11.6. The number of amides is 1. The number of rotatable bonds is 3. The van der Waals surface area contributed by atoms with E-state index in [9.17, 15) is 18.4 Å². The molecule has 0 aliphatic carbocycles. The van der Waals surface area contributed by atoms with E-state index in [0.717, 1.165) is 12.1 Å². The van der Waals surface area contributed by atoms with E-state index in [-0.39, 0.29) is 23.1 Å². The quantitative estimate of drug-likeness (QED) is 0.932. The molecule has 110 valence electrons. The Morgan fingerprint density at radius 2 is 2.19 bits per heavy atom. The minimum atomic E-state index is -0.993. The summed E-state index contributed by atoms with van der Waals surface area (Å²) in [5.74, 6) is -1.64. The van der Waals surface area contributed by atoms with Gasteiger partial charge in [0.25, 0.3) is 0 Å². The third-order valence-electron chi connectivity index (χ3n) is 3.25. The Morgan fingerprint density at radius 3 is 2.90 bits per heavy atom. The number of benzene rings is 1. The molecule has 1 atom stereocenters. The number of thioether (sulfide) groups is 1. The first-order valence-electron chi connectivity index (χ1n) is 6.30. The zero-order valence-electron chi connectivity index (χ0n) is 10.8. The second-order valence-electron chi connectivity index (χ2n) is 4.70. The number of nitrogens with zero attached hydrogens (tertiary/aromatic N) is 2. The lowest BCUT2D eigenvalue weighted by Gasteiger charge is -2.10. The predicted molar refractivity (Wildman–Crippen MR) is 73.7 cm³/mol. The summed E-state index contributed by atoms with van der Waals surface area (Å²) in [6.07, 6.45) is 1.95. The van der Waals surface area contributed by atoms with Gasteiger partial charge in [-0.2, -0.15) is 0 Å². The van der Waals surface area contributed by atoms with Crippen LogP contribution in [0.15, 0.2) is 18.5 Å². The molecule has 1 aromatic heterocycles. The number of aromatic nitrogens is 2. The largest absolute Gasteiger partial charge is 0.344 e. The fourth-order valence-corrected chi connectivity index (χ4v) is 3.13. The smallest absolute Gasteiger partial charge is 0.240 e. The number of carbonyl (C=O) groups excluding carboxylic acids is 2. The molecule has 0 radical (unpaired) electrons. The molecule has 21 heavy (non-hydrogen) atoms. The number of halogens is 2. The van der Waals surface area contributed by atoms with Crippen molar-refractivity contribution in [2.45, 2.75) is 19.0 Å². The van der Waals surface area contributed by atoms with E-state index in [4.69, 9.17) is 0 Å². The van der Waals surface area contributed by atoms with Gasteiger partial charge in [0.2, 0.25) is 11.0 Å². The van der Waals surface area contributed by atoms with E-state index >= 15 is 0 Å². The van der Waals surface area contributed by atoms with Gasteiger partial charge in [-0.05, 0) is 6.42 Å². The molecule has 5 nitrogen and oxygen atoms in total. The number of imidazole rings is 1. The van der Waals surface area contributed by atoms with Gasteiger partial charge >= 0.3 is 0 Å². The number of nitrogens with one attached hydrogen (secondary N) is 1.